The molecule has 0 amide bonds. The van der Waals surface area contributed by atoms with Gasteiger partial charge in [-0.05, 0) is 32.4 Å². The fourth-order valence-corrected chi connectivity index (χ4v) is 2.44. The van der Waals surface area contributed by atoms with Crippen molar-refractivity contribution in [3.8, 4) is 0 Å². The van der Waals surface area contributed by atoms with E-state index in [0.29, 0.717) is 0 Å². The molecule has 0 aliphatic carbocycles. The van der Waals surface area contributed by atoms with Crippen LogP contribution in [0.3, 0.4) is 0 Å². The van der Waals surface area contributed by atoms with E-state index in [-0.39, 0.29) is 0 Å². The van der Waals surface area contributed by atoms with Crippen molar-refractivity contribution in [1.82, 2.24) is 15.5 Å². The Morgan fingerprint density at radius 3 is 2.64 bits per heavy atom. The Bertz CT molecular complexity index is 131. The lowest BCUT2D eigenvalue weighted by Gasteiger charge is -2.30. The summed E-state index contributed by atoms with van der Waals surface area (Å²) in [7, 11) is 0. The summed E-state index contributed by atoms with van der Waals surface area (Å²) in [4.78, 5) is 2.59. The first-order chi connectivity index (χ1) is 6.95. The highest BCUT2D eigenvalue weighted by Gasteiger charge is 2.15. The van der Waals surface area contributed by atoms with Gasteiger partial charge < -0.3 is 15.5 Å². The van der Waals surface area contributed by atoms with Crippen LogP contribution in [-0.2, 0) is 0 Å². The molecule has 2 heterocycles. The third-order valence-corrected chi connectivity index (χ3v) is 3.42. The van der Waals surface area contributed by atoms with Crippen LogP contribution in [0, 0.1) is 0 Å². The van der Waals surface area contributed by atoms with Crippen LogP contribution in [-0.4, -0.2) is 50.2 Å². The molecule has 0 saturated carbocycles. The number of nitrogens with one attached hydrogen (secondary N) is 2. The second kappa shape index (κ2) is 5.69. The van der Waals surface area contributed by atoms with E-state index in [4.69, 9.17) is 0 Å². The van der Waals surface area contributed by atoms with Crippen molar-refractivity contribution < 1.29 is 0 Å². The van der Waals surface area contributed by atoms with Crippen LogP contribution < -0.4 is 10.6 Å². The van der Waals surface area contributed by atoms with E-state index in [1.165, 1.54) is 65.0 Å². The molecule has 1 unspecified atom stereocenters. The van der Waals surface area contributed by atoms with Gasteiger partial charge in [0.25, 0.3) is 0 Å². The average Bonchev–Trinajstić information content (AvgIpc) is 2.29. The van der Waals surface area contributed by atoms with E-state index < -0.39 is 0 Å². The second-order valence-electron chi connectivity index (χ2n) is 4.53. The summed E-state index contributed by atoms with van der Waals surface area (Å²) < 4.78 is 0. The van der Waals surface area contributed by atoms with Crippen LogP contribution in [0.15, 0.2) is 0 Å². The third-order valence-electron chi connectivity index (χ3n) is 3.42. The molecular weight excluding hydrogens is 174 g/mol. The first kappa shape index (κ1) is 10.4. The smallest absolute Gasteiger partial charge is 0.0107 e. The Labute approximate surface area is 87.2 Å². The molecule has 3 nitrogen and oxygen atoms in total. The lowest BCUT2D eigenvalue weighted by molar-refractivity contribution is 0.221. The number of hydrogen-bond acceptors (Lipinski definition) is 3. The van der Waals surface area contributed by atoms with Gasteiger partial charge in [0.15, 0.2) is 0 Å². The van der Waals surface area contributed by atoms with Crippen LogP contribution in [0.5, 0.6) is 0 Å². The van der Waals surface area contributed by atoms with Crippen molar-refractivity contribution in [2.75, 3.05) is 39.3 Å². The summed E-state index contributed by atoms with van der Waals surface area (Å²) >= 11 is 0. The minimum Gasteiger partial charge on any atom is -0.314 e. The monoisotopic (exact) mass is 197 g/mol. The number of nitrogens with zero attached hydrogens (tertiary/aromatic N) is 1. The molecular formula is C11H23N3. The number of piperidine rings is 1. The summed E-state index contributed by atoms with van der Waals surface area (Å²) in [6.45, 7) is 7.38. The van der Waals surface area contributed by atoms with Gasteiger partial charge in [-0.2, -0.15) is 0 Å². The number of hydrogen-bond donors (Lipinski definition) is 2. The summed E-state index contributed by atoms with van der Waals surface area (Å²) in [6.07, 6.45) is 5.55. The highest BCUT2D eigenvalue weighted by atomic mass is 15.2. The normalized spacial score (nSPS) is 30.4. The molecule has 0 aromatic rings. The number of piperazine rings is 1. The minimum absolute atomic E-state index is 0.804. The summed E-state index contributed by atoms with van der Waals surface area (Å²) in [5, 5.41) is 7.01. The minimum atomic E-state index is 0.804. The van der Waals surface area contributed by atoms with Crippen LogP contribution in [0.25, 0.3) is 0 Å². The predicted octanol–water partition coefficient (Wildman–Crippen LogP) is 0.424. The summed E-state index contributed by atoms with van der Waals surface area (Å²) in [6, 6.07) is 0.804. The van der Waals surface area contributed by atoms with Gasteiger partial charge >= 0.3 is 0 Å². The van der Waals surface area contributed by atoms with Crippen molar-refractivity contribution in [2.24, 2.45) is 0 Å². The maximum Gasteiger partial charge on any atom is 0.0107 e. The molecule has 2 aliphatic heterocycles. The van der Waals surface area contributed by atoms with Crippen LogP contribution in [0.4, 0.5) is 0 Å². The van der Waals surface area contributed by atoms with Gasteiger partial charge in [-0.3, -0.25) is 0 Å². The summed E-state index contributed by atoms with van der Waals surface area (Å²) in [5.74, 6) is 0. The zero-order chi connectivity index (χ0) is 9.64. The lowest BCUT2D eigenvalue weighted by Crippen LogP contribution is -2.45. The fourth-order valence-electron chi connectivity index (χ4n) is 2.44. The number of rotatable bonds is 3. The van der Waals surface area contributed by atoms with E-state index in [2.05, 4.69) is 15.5 Å². The van der Waals surface area contributed by atoms with Gasteiger partial charge in [-0.15, -0.1) is 0 Å². The van der Waals surface area contributed by atoms with E-state index in [0.717, 1.165) is 6.04 Å². The maximum atomic E-state index is 3.62. The highest BCUT2D eigenvalue weighted by Crippen LogP contribution is 2.10. The maximum absolute atomic E-state index is 3.62. The van der Waals surface area contributed by atoms with Crippen molar-refractivity contribution in [3.05, 3.63) is 0 Å². The molecule has 2 aliphatic rings. The van der Waals surface area contributed by atoms with E-state index >= 15 is 0 Å². The van der Waals surface area contributed by atoms with E-state index in [1.54, 1.807) is 0 Å². The molecule has 0 radical (unpaired) electrons. The van der Waals surface area contributed by atoms with Crippen molar-refractivity contribution >= 4 is 0 Å². The van der Waals surface area contributed by atoms with Gasteiger partial charge in [0.1, 0.15) is 0 Å². The first-order valence-electron chi connectivity index (χ1n) is 6.11. The van der Waals surface area contributed by atoms with Crippen molar-refractivity contribution in [1.29, 1.82) is 0 Å². The van der Waals surface area contributed by atoms with Gasteiger partial charge in [0, 0.05) is 32.2 Å². The Balaban J connectivity index is 1.60. The molecule has 3 heteroatoms. The van der Waals surface area contributed by atoms with Gasteiger partial charge in [-0.1, -0.05) is 6.42 Å². The largest absolute Gasteiger partial charge is 0.314 e. The van der Waals surface area contributed by atoms with Crippen LogP contribution >= 0.6 is 0 Å². The average molecular weight is 197 g/mol. The third kappa shape index (κ3) is 3.23. The highest BCUT2D eigenvalue weighted by molar-refractivity contribution is 4.75. The molecule has 2 saturated heterocycles. The molecule has 82 valence electrons. The molecule has 0 aromatic heterocycles. The summed E-state index contributed by atoms with van der Waals surface area (Å²) in [5.41, 5.74) is 0. The Morgan fingerprint density at radius 2 is 1.93 bits per heavy atom. The molecule has 2 fully saturated rings. The van der Waals surface area contributed by atoms with Crippen LogP contribution in [0.1, 0.15) is 25.7 Å². The second-order valence-corrected chi connectivity index (χ2v) is 4.53. The van der Waals surface area contributed by atoms with Crippen molar-refractivity contribution in [2.45, 2.75) is 31.7 Å². The van der Waals surface area contributed by atoms with Crippen molar-refractivity contribution in [3.63, 3.8) is 0 Å². The van der Waals surface area contributed by atoms with Crippen LogP contribution in [0.2, 0.25) is 0 Å². The Morgan fingerprint density at radius 1 is 1.07 bits per heavy atom. The Hall–Kier alpha value is -0.120. The predicted molar refractivity (Wildman–Crippen MR) is 59.6 cm³/mol. The molecule has 2 N–H and O–H groups in total. The lowest BCUT2D eigenvalue weighted by atomic mass is 10.0. The molecule has 0 bridgehead atoms. The molecule has 14 heavy (non-hydrogen) atoms. The topological polar surface area (TPSA) is 27.3 Å². The molecule has 0 spiro atoms. The molecule has 1 atom stereocenters. The zero-order valence-corrected chi connectivity index (χ0v) is 9.10. The first-order valence-corrected chi connectivity index (χ1v) is 6.11. The SMILES string of the molecule is C1CCC(CCN2CCNCC2)NC1. The Kier molecular flexibility index (Phi) is 4.22. The van der Waals surface area contributed by atoms with E-state index in [9.17, 15) is 0 Å². The molecule has 0 aromatic carbocycles. The zero-order valence-electron chi connectivity index (χ0n) is 9.10. The van der Waals surface area contributed by atoms with Gasteiger partial charge in [-0.25, -0.2) is 0 Å². The standard InChI is InChI=1S/C11H23N3/c1-2-5-13-11(3-1)4-8-14-9-6-12-7-10-14/h11-13H,1-10H2. The molecule has 2 rings (SSSR count). The quantitative estimate of drug-likeness (QED) is 0.687. The fraction of sp³-hybridized carbons (Fsp3) is 1.00. The van der Waals surface area contributed by atoms with Gasteiger partial charge in [0.05, 0.1) is 0 Å². The van der Waals surface area contributed by atoms with Gasteiger partial charge in [0.2, 0.25) is 0 Å². The van der Waals surface area contributed by atoms with E-state index in [1.807, 2.05) is 0 Å².